The van der Waals surface area contributed by atoms with E-state index in [4.69, 9.17) is 4.42 Å². The number of oxazole rings is 1. The van der Waals surface area contributed by atoms with E-state index in [-0.39, 0.29) is 12.0 Å². The van der Waals surface area contributed by atoms with Gasteiger partial charge in [0.25, 0.3) is 6.01 Å². The summed E-state index contributed by atoms with van der Waals surface area (Å²) in [6.07, 6.45) is 4.57. The lowest BCUT2D eigenvalue weighted by Crippen LogP contribution is -2.37. The Bertz CT molecular complexity index is 439. The molecule has 1 aliphatic heterocycles. The number of hydrogen-bond acceptors (Lipinski definition) is 4. The van der Waals surface area contributed by atoms with E-state index in [9.17, 15) is 9.90 Å². The molecule has 0 aromatic carbocycles. The van der Waals surface area contributed by atoms with Crippen LogP contribution in [0.25, 0.3) is 0 Å². The third kappa shape index (κ3) is 1.79. The highest BCUT2D eigenvalue weighted by molar-refractivity contribution is 5.72. The van der Waals surface area contributed by atoms with E-state index < -0.39 is 5.97 Å². The summed E-state index contributed by atoms with van der Waals surface area (Å²) in [6, 6.07) is 0.661. The number of aromatic nitrogens is 1. The molecular formula is C12H16N2O3. The summed E-state index contributed by atoms with van der Waals surface area (Å²) in [5.74, 6) is -0.451. The fourth-order valence-electron chi connectivity index (χ4n) is 2.80. The number of carboxylic acid groups (broad SMARTS) is 1. The molecule has 0 amide bonds. The molecule has 0 bridgehead atoms. The van der Waals surface area contributed by atoms with Crippen LogP contribution in [0.2, 0.25) is 0 Å². The number of hydrogen-bond donors (Lipinski definition) is 1. The average molecular weight is 236 g/mol. The Balaban J connectivity index is 1.87. The van der Waals surface area contributed by atoms with Crippen LogP contribution in [0.4, 0.5) is 6.01 Å². The summed E-state index contributed by atoms with van der Waals surface area (Å²) >= 11 is 0. The van der Waals surface area contributed by atoms with Crippen LogP contribution >= 0.6 is 0 Å². The maximum atomic E-state index is 11.2. The molecule has 5 heteroatoms. The summed E-state index contributed by atoms with van der Waals surface area (Å²) in [4.78, 5) is 17.6. The molecular weight excluding hydrogens is 220 g/mol. The molecule has 2 atom stereocenters. The van der Waals surface area contributed by atoms with Gasteiger partial charge in [-0.25, -0.2) is 0 Å². The topological polar surface area (TPSA) is 66.6 Å². The van der Waals surface area contributed by atoms with Crippen molar-refractivity contribution >= 4 is 12.0 Å². The number of rotatable bonds is 3. The first kappa shape index (κ1) is 10.6. The van der Waals surface area contributed by atoms with Gasteiger partial charge >= 0.3 is 5.97 Å². The van der Waals surface area contributed by atoms with Crippen molar-refractivity contribution in [3.63, 3.8) is 0 Å². The van der Waals surface area contributed by atoms with E-state index in [1.54, 1.807) is 6.26 Å². The maximum absolute atomic E-state index is 11.2. The molecule has 92 valence electrons. The Hall–Kier alpha value is -1.52. The lowest BCUT2D eigenvalue weighted by Gasteiger charge is -2.25. The fourth-order valence-corrected chi connectivity index (χ4v) is 2.80. The summed E-state index contributed by atoms with van der Waals surface area (Å²) in [5.41, 5.74) is 0.841. The Morgan fingerprint density at radius 3 is 2.82 bits per heavy atom. The van der Waals surface area contributed by atoms with Gasteiger partial charge in [-0.05, 0) is 32.1 Å². The van der Waals surface area contributed by atoms with E-state index in [2.05, 4.69) is 4.98 Å². The molecule has 0 spiro atoms. The summed E-state index contributed by atoms with van der Waals surface area (Å²) in [6.45, 7) is 2.61. The fraction of sp³-hybridized carbons (Fsp3) is 0.667. The molecule has 5 nitrogen and oxygen atoms in total. The molecule has 2 aliphatic rings. The second-order valence-corrected chi connectivity index (χ2v) is 5.03. The molecule has 17 heavy (non-hydrogen) atoms. The van der Waals surface area contributed by atoms with Crippen LogP contribution in [0.1, 0.15) is 25.0 Å². The zero-order valence-electron chi connectivity index (χ0n) is 9.80. The molecule has 1 aromatic heterocycles. The minimum absolute atomic E-state index is 0.0746. The third-order valence-corrected chi connectivity index (χ3v) is 3.73. The number of carbonyl (C=O) groups is 1. The Morgan fingerprint density at radius 1 is 1.53 bits per heavy atom. The SMILES string of the molecule is Cc1coc(N2CC[C@H](C(=O)O)[C@H]2C2CC2)n1. The monoisotopic (exact) mass is 236 g/mol. The smallest absolute Gasteiger partial charge is 0.308 e. The van der Waals surface area contributed by atoms with Crippen LogP contribution in [0.15, 0.2) is 10.7 Å². The number of nitrogens with zero attached hydrogens (tertiary/aromatic N) is 2. The van der Waals surface area contributed by atoms with E-state index in [0.717, 1.165) is 25.1 Å². The van der Waals surface area contributed by atoms with Crippen molar-refractivity contribution in [3.8, 4) is 0 Å². The summed E-state index contributed by atoms with van der Waals surface area (Å²) < 4.78 is 5.41. The van der Waals surface area contributed by atoms with Crippen LogP contribution in [0.3, 0.4) is 0 Å². The van der Waals surface area contributed by atoms with Gasteiger partial charge in [-0.1, -0.05) is 0 Å². The van der Waals surface area contributed by atoms with Gasteiger partial charge in [-0.15, -0.1) is 0 Å². The van der Waals surface area contributed by atoms with Gasteiger partial charge in [0.2, 0.25) is 0 Å². The van der Waals surface area contributed by atoms with Crippen LogP contribution in [-0.4, -0.2) is 28.6 Å². The van der Waals surface area contributed by atoms with Crippen molar-refractivity contribution in [2.75, 3.05) is 11.4 Å². The molecule has 3 rings (SSSR count). The lowest BCUT2D eigenvalue weighted by atomic mass is 9.97. The Kier molecular flexibility index (Phi) is 2.34. The normalized spacial score (nSPS) is 28.6. The predicted octanol–water partition coefficient (Wildman–Crippen LogP) is 1.67. The van der Waals surface area contributed by atoms with Crippen LogP contribution in [0.5, 0.6) is 0 Å². The van der Waals surface area contributed by atoms with Crippen molar-refractivity contribution < 1.29 is 14.3 Å². The second kappa shape index (κ2) is 3.75. The van der Waals surface area contributed by atoms with E-state index in [1.165, 1.54) is 0 Å². The highest BCUT2D eigenvalue weighted by atomic mass is 16.4. The molecule has 1 saturated carbocycles. The van der Waals surface area contributed by atoms with Crippen molar-refractivity contribution in [2.45, 2.75) is 32.2 Å². The zero-order valence-corrected chi connectivity index (χ0v) is 9.80. The number of carboxylic acids is 1. The molecule has 1 aromatic rings. The molecule has 2 fully saturated rings. The lowest BCUT2D eigenvalue weighted by molar-refractivity contribution is -0.142. The van der Waals surface area contributed by atoms with Gasteiger partial charge in [0.15, 0.2) is 0 Å². The Labute approximate surface area is 99.4 Å². The van der Waals surface area contributed by atoms with Crippen molar-refractivity contribution in [1.29, 1.82) is 0 Å². The standard InChI is InChI=1S/C12H16N2O3/c1-7-6-17-12(13-7)14-5-4-9(11(15)16)10(14)8-2-3-8/h6,8-10H,2-5H2,1H3,(H,15,16)/t9-,10+/m0/s1. The van der Waals surface area contributed by atoms with Crippen molar-refractivity contribution in [3.05, 3.63) is 12.0 Å². The highest BCUT2D eigenvalue weighted by Crippen LogP contribution is 2.44. The van der Waals surface area contributed by atoms with E-state index in [0.29, 0.717) is 18.4 Å². The van der Waals surface area contributed by atoms with Crippen molar-refractivity contribution in [1.82, 2.24) is 4.98 Å². The zero-order chi connectivity index (χ0) is 12.0. The average Bonchev–Trinajstić information content (AvgIpc) is 2.87. The number of aliphatic carboxylic acids is 1. The molecule has 1 N–H and O–H groups in total. The number of aryl methyl sites for hydroxylation is 1. The van der Waals surface area contributed by atoms with E-state index in [1.807, 2.05) is 11.8 Å². The minimum atomic E-state index is -0.687. The van der Waals surface area contributed by atoms with Gasteiger partial charge in [-0.2, -0.15) is 4.98 Å². The molecule has 2 heterocycles. The van der Waals surface area contributed by atoms with Crippen LogP contribution in [0, 0.1) is 18.8 Å². The second-order valence-electron chi connectivity index (χ2n) is 5.03. The van der Waals surface area contributed by atoms with Gasteiger partial charge in [0.1, 0.15) is 6.26 Å². The molecule has 0 radical (unpaired) electrons. The highest BCUT2D eigenvalue weighted by Gasteiger charge is 2.48. The van der Waals surface area contributed by atoms with Crippen molar-refractivity contribution in [2.24, 2.45) is 11.8 Å². The predicted molar refractivity (Wildman–Crippen MR) is 60.8 cm³/mol. The number of anilines is 1. The Morgan fingerprint density at radius 2 is 2.29 bits per heavy atom. The molecule has 1 saturated heterocycles. The first-order valence-electron chi connectivity index (χ1n) is 6.08. The minimum Gasteiger partial charge on any atom is -0.481 e. The molecule has 0 unspecified atom stereocenters. The first-order valence-corrected chi connectivity index (χ1v) is 6.08. The first-order chi connectivity index (χ1) is 8.16. The van der Waals surface area contributed by atoms with Gasteiger partial charge < -0.3 is 14.4 Å². The van der Waals surface area contributed by atoms with Gasteiger partial charge in [0, 0.05) is 12.6 Å². The van der Waals surface area contributed by atoms with Crippen LogP contribution in [-0.2, 0) is 4.79 Å². The van der Waals surface area contributed by atoms with Gasteiger partial charge in [0.05, 0.1) is 11.6 Å². The third-order valence-electron chi connectivity index (χ3n) is 3.73. The summed E-state index contributed by atoms with van der Waals surface area (Å²) in [5, 5.41) is 9.25. The largest absolute Gasteiger partial charge is 0.481 e. The maximum Gasteiger partial charge on any atom is 0.308 e. The summed E-state index contributed by atoms with van der Waals surface area (Å²) in [7, 11) is 0. The van der Waals surface area contributed by atoms with Crippen LogP contribution < -0.4 is 4.90 Å². The van der Waals surface area contributed by atoms with Gasteiger partial charge in [-0.3, -0.25) is 4.79 Å². The van der Waals surface area contributed by atoms with E-state index >= 15 is 0 Å². The molecule has 1 aliphatic carbocycles. The quantitative estimate of drug-likeness (QED) is 0.864.